The first kappa shape index (κ1) is 21.3. The number of halogens is 1. The van der Waals surface area contributed by atoms with Crippen LogP contribution < -0.4 is 5.32 Å². The minimum atomic E-state index is -0.0565. The summed E-state index contributed by atoms with van der Waals surface area (Å²) >= 11 is 7.76. The molecule has 1 N–H and O–H groups in total. The molecule has 1 aliphatic rings. The summed E-state index contributed by atoms with van der Waals surface area (Å²) in [5, 5.41) is 9.34. The zero-order chi connectivity index (χ0) is 20.9. The van der Waals surface area contributed by atoms with Gasteiger partial charge in [0.1, 0.15) is 4.83 Å². The van der Waals surface area contributed by atoms with Crippen LogP contribution in [0.5, 0.6) is 0 Å². The molecule has 2 aromatic heterocycles. The quantitative estimate of drug-likeness (QED) is 0.493. The molecule has 1 fully saturated rings. The summed E-state index contributed by atoms with van der Waals surface area (Å²) in [5.41, 5.74) is 1.92. The third-order valence-electron chi connectivity index (χ3n) is 5.19. The molecule has 30 heavy (non-hydrogen) atoms. The number of thiophene rings is 1. The zero-order valence-corrected chi connectivity index (χ0v) is 18.6. The summed E-state index contributed by atoms with van der Waals surface area (Å²) in [6.07, 6.45) is 3.22. The van der Waals surface area contributed by atoms with Gasteiger partial charge < -0.3 is 14.8 Å². The maximum absolute atomic E-state index is 12.6. The third-order valence-corrected chi connectivity index (χ3v) is 6.70. The standard InChI is InChI=1S/C22H26ClN3O3S/c1-15-18-12-20(21(27)24-9-5-10-28-14-17-7-4-11-29-17)30-22(18)26(25-15)13-16-6-2-3-8-19(16)23/h2-3,6,8,12,17H,4-5,7,9-11,13-14H2,1H3,(H,24,27). The number of hydrogen-bond donors (Lipinski definition) is 1. The molecule has 0 radical (unpaired) electrons. The van der Waals surface area contributed by atoms with Gasteiger partial charge >= 0.3 is 0 Å². The van der Waals surface area contributed by atoms with Gasteiger partial charge in [-0.2, -0.15) is 5.10 Å². The second kappa shape index (κ2) is 9.92. The van der Waals surface area contributed by atoms with Crippen LogP contribution in [0.1, 0.15) is 40.2 Å². The van der Waals surface area contributed by atoms with E-state index >= 15 is 0 Å². The maximum atomic E-state index is 12.6. The highest BCUT2D eigenvalue weighted by molar-refractivity contribution is 7.20. The van der Waals surface area contributed by atoms with Gasteiger partial charge in [0.25, 0.3) is 5.91 Å². The Balaban J connectivity index is 1.31. The molecular formula is C22H26ClN3O3S. The Labute approximate surface area is 185 Å². The van der Waals surface area contributed by atoms with E-state index in [1.165, 1.54) is 11.3 Å². The van der Waals surface area contributed by atoms with Crippen LogP contribution in [0.4, 0.5) is 0 Å². The summed E-state index contributed by atoms with van der Waals surface area (Å²) < 4.78 is 13.1. The van der Waals surface area contributed by atoms with E-state index in [1.54, 1.807) is 0 Å². The van der Waals surface area contributed by atoms with Crippen LogP contribution in [0.3, 0.4) is 0 Å². The van der Waals surface area contributed by atoms with Crippen molar-refractivity contribution in [3.63, 3.8) is 0 Å². The van der Waals surface area contributed by atoms with E-state index in [2.05, 4.69) is 10.4 Å². The number of benzene rings is 1. The van der Waals surface area contributed by atoms with Gasteiger partial charge in [0.2, 0.25) is 0 Å². The molecule has 0 aliphatic carbocycles. The van der Waals surface area contributed by atoms with Crippen molar-refractivity contribution < 1.29 is 14.3 Å². The van der Waals surface area contributed by atoms with Gasteiger partial charge in [-0.3, -0.25) is 9.48 Å². The number of carbonyl (C=O) groups is 1. The number of aryl methyl sites for hydroxylation is 1. The normalized spacial score (nSPS) is 16.4. The van der Waals surface area contributed by atoms with Crippen molar-refractivity contribution in [3.05, 3.63) is 51.5 Å². The van der Waals surface area contributed by atoms with E-state index < -0.39 is 0 Å². The molecule has 1 amide bonds. The maximum Gasteiger partial charge on any atom is 0.261 e. The lowest BCUT2D eigenvalue weighted by molar-refractivity contribution is 0.0166. The summed E-state index contributed by atoms with van der Waals surface area (Å²) in [7, 11) is 0. The molecule has 0 bridgehead atoms. The summed E-state index contributed by atoms with van der Waals surface area (Å²) in [4.78, 5) is 14.3. The Hall–Kier alpha value is -1.93. The van der Waals surface area contributed by atoms with E-state index in [1.807, 2.05) is 41.9 Å². The van der Waals surface area contributed by atoms with Gasteiger partial charge in [-0.1, -0.05) is 29.8 Å². The van der Waals surface area contributed by atoms with Crippen LogP contribution in [0, 0.1) is 6.92 Å². The molecule has 0 spiro atoms. The molecule has 0 saturated carbocycles. The molecule has 1 atom stereocenters. The molecule has 1 aliphatic heterocycles. The fraction of sp³-hybridized carbons (Fsp3) is 0.455. The molecule has 4 rings (SSSR count). The average molecular weight is 448 g/mol. The largest absolute Gasteiger partial charge is 0.379 e. The highest BCUT2D eigenvalue weighted by Crippen LogP contribution is 2.29. The predicted octanol–water partition coefficient (Wildman–Crippen LogP) is 4.42. The third kappa shape index (κ3) is 5.03. The molecule has 3 heterocycles. The van der Waals surface area contributed by atoms with Gasteiger partial charge in [-0.25, -0.2) is 0 Å². The van der Waals surface area contributed by atoms with Crippen molar-refractivity contribution in [2.75, 3.05) is 26.4 Å². The highest BCUT2D eigenvalue weighted by atomic mass is 35.5. The van der Waals surface area contributed by atoms with E-state index in [9.17, 15) is 4.79 Å². The molecule has 3 aromatic rings. The molecule has 1 unspecified atom stereocenters. The fourth-order valence-electron chi connectivity index (χ4n) is 3.57. The number of rotatable bonds is 9. The minimum Gasteiger partial charge on any atom is -0.379 e. The molecule has 8 heteroatoms. The van der Waals surface area contributed by atoms with Crippen molar-refractivity contribution in [1.82, 2.24) is 15.1 Å². The number of nitrogens with one attached hydrogen (secondary N) is 1. The van der Waals surface area contributed by atoms with Crippen LogP contribution in [-0.2, 0) is 16.0 Å². The summed E-state index contributed by atoms with van der Waals surface area (Å²) in [6.45, 7) is 5.24. The van der Waals surface area contributed by atoms with Gasteiger partial charge in [0.15, 0.2) is 0 Å². The predicted molar refractivity (Wildman–Crippen MR) is 120 cm³/mol. The van der Waals surface area contributed by atoms with Gasteiger partial charge in [-0.15, -0.1) is 11.3 Å². The van der Waals surface area contributed by atoms with Gasteiger partial charge in [0, 0.05) is 30.2 Å². The van der Waals surface area contributed by atoms with E-state index in [0.717, 1.165) is 52.4 Å². The Morgan fingerprint density at radius 3 is 3.10 bits per heavy atom. The number of aromatic nitrogens is 2. The SMILES string of the molecule is Cc1nn(Cc2ccccc2Cl)c2sc(C(=O)NCCCOCC3CCCO3)cc12. The monoisotopic (exact) mass is 447 g/mol. The van der Waals surface area contributed by atoms with E-state index in [4.69, 9.17) is 21.1 Å². The van der Waals surface area contributed by atoms with Crippen LogP contribution in [0.15, 0.2) is 30.3 Å². The average Bonchev–Trinajstić information content (AvgIpc) is 3.46. The number of fused-ring (bicyclic) bond motifs is 1. The number of amides is 1. The second-order valence-electron chi connectivity index (χ2n) is 7.48. The Bertz CT molecular complexity index is 1010. The number of carbonyl (C=O) groups excluding carboxylic acids is 1. The van der Waals surface area contributed by atoms with Crippen LogP contribution >= 0.6 is 22.9 Å². The number of nitrogens with zero attached hydrogens (tertiary/aromatic N) is 2. The van der Waals surface area contributed by atoms with E-state index in [-0.39, 0.29) is 12.0 Å². The van der Waals surface area contributed by atoms with Gasteiger partial charge in [-0.05, 0) is 43.9 Å². The van der Waals surface area contributed by atoms with Crippen molar-refractivity contribution >= 4 is 39.1 Å². The summed E-state index contributed by atoms with van der Waals surface area (Å²) in [6, 6.07) is 9.67. The zero-order valence-electron chi connectivity index (χ0n) is 17.0. The second-order valence-corrected chi connectivity index (χ2v) is 8.92. The number of hydrogen-bond acceptors (Lipinski definition) is 5. The lowest BCUT2D eigenvalue weighted by atomic mass is 10.2. The fourth-order valence-corrected chi connectivity index (χ4v) is 4.85. The summed E-state index contributed by atoms with van der Waals surface area (Å²) in [5.74, 6) is -0.0565. The van der Waals surface area contributed by atoms with Crippen molar-refractivity contribution in [3.8, 4) is 0 Å². The Kier molecular flexibility index (Phi) is 7.04. The Morgan fingerprint density at radius 1 is 1.43 bits per heavy atom. The van der Waals surface area contributed by atoms with Crippen LogP contribution in [0.2, 0.25) is 5.02 Å². The molecule has 160 valence electrons. The topological polar surface area (TPSA) is 65.4 Å². The molecular weight excluding hydrogens is 422 g/mol. The lowest BCUT2D eigenvalue weighted by Crippen LogP contribution is -2.25. The first-order valence-corrected chi connectivity index (χ1v) is 11.5. The van der Waals surface area contributed by atoms with Crippen LogP contribution in [0.25, 0.3) is 10.2 Å². The molecule has 1 saturated heterocycles. The lowest BCUT2D eigenvalue weighted by Gasteiger charge is -2.10. The van der Waals surface area contributed by atoms with Gasteiger partial charge in [0.05, 0.1) is 29.8 Å². The minimum absolute atomic E-state index is 0.0565. The van der Waals surface area contributed by atoms with E-state index in [0.29, 0.717) is 31.2 Å². The Morgan fingerprint density at radius 2 is 2.30 bits per heavy atom. The highest BCUT2D eigenvalue weighted by Gasteiger charge is 2.17. The van der Waals surface area contributed by atoms with Crippen molar-refractivity contribution in [2.45, 2.75) is 38.8 Å². The van der Waals surface area contributed by atoms with Crippen LogP contribution in [-0.4, -0.2) is 48.2 Å². The number of ether oxygens (including phenoxy) is 2. The first-order chi connectivity index (χ1) is 14.6. The first-order valence-electron chi connectivity index (χ1n) is 10.3. The molecule has 6 nitrogen and oxygen atoms in total. The smallest absolute Gasteiger partial charge is 0.261 e. The molecule has 1 aromatic carbocycles. The van der Waals surface area contributed by atoms with Crippen molar-refractivity contribution in [2.24, 2.45) is 0 Å². The van der Waals surface area contributed by atoms with Crippen molar-refractivity contribution in [1.29, 1.82) is 0 Å².